The summed E-state index contributed by atoms with van der Waals surface area (Å²) < 4.78 is 32.7. The molecule has 7 heteroatoms. The Morgan fingerprint density at radius 3 is 1.97 bits per heavy atom. The minimum atomic E-state index is -3.71. The molecule has 29 heavy (non-hydrogen) atoms. The number of sulfonamides is 1. The van der Waals surface area contributed by atoms with Gasteiger partial charge in [0, 0.05) is 11.7 Å². The quantitative estimate of drug-likeness (QED) is 0.627. The van der Waals surface area contributed by atoms with E-state index < -0.39 is 16.1 Å². The molecule has 150 valence electrons. The molecular weight excluding hydrogens is 388 g/mol. The van der Waals surface area contributed by atoms with Crippen molar-refractivity contribution in [1.29, 1.82) is 0 Å². The number of anilines is 2. The van der Waals surface area contributed by atoms with E-state index in [-0.39, 0.29) is 10.9 Å². The molecule has 3 aromatic carbocycles. The summed E-state index contributed by atoms with van der Waals surface area (Å²) in [5.74, 6) is 0.432. The van der Waals surface area contributed by atoms with E-state index in [0.717, 1.165) is 0 Å². The molecule has 0 unspecified atom stereocenters. The van der Waals surface area contributed by atoms with Crippen LogP contribution in [0, 0.1) is 0 Å². The lowest BCUT2D eigenvalue weighted by atomic mass is 10.2. The number of rotatable bonds is 6. The predicted octanol–water partition coefficient (Wildman–Crippen LogP) is 4.90. The summed E-state index contributed by atoms with van der Waals surface area (Å²) in [7, 11) is -3.71. The second kappa shape index (κ2) is 8.79. The first-order valence-corrected chi connectivity index (χ1v) is 10.6. The van der Waals surface area contributed by atoms with E-state index in [1.807, 2.05) is 19.9 Å². The van der Waals surface area contributed by atoms with Crippen molar-refractivity contribution in [3.63, 3.8) is 0 Å². The van der Waals surface area contributed by atoms with Crippen LogP contribution in [-0.2, 0) is 10.0 Å². The van der Waals surface area contributed by atoms with E-state index in [9.17, 15) is 13.2 Å². The second-order valence-corrected chi connectivity index (χ2v) is 8.40. The molecule has 0 atom stereocenters. The Kier molecular flexibility index (Phi) is 6.19. The van der Waals surface area contributed by atoms with Crippen LogP contribution in [0.15, 0.2) is 89.8 Å². The molecule has 6 nitrogen and oxygen atoms in total. The zero-order valence-electron chi connectivity index (χ0n) is 16.1. The van der Waals surface area contributed by atoms with Gasteiger partial charge >= 0.3 is 6.09 Å². The van der Waals surface area contributed by atoms with Crippen LogP contribution in [0.3, 0.4) is 0 Å². The summed E-state index contributed by atoms with van der Waals surface area (Å²) in [6.45, 7) is 3.62. The fraction of sp³-hybridized carbons (Fsp3) is 0.136. The van der Waals surface area contributed by atoms with Gasteiger partial charge in [0.05, 0.1) is 10.6 Å². The zero-order valence-corrected chi connectivity index (χ0v) is 17.0. The number of amides is 1. The Morgan fingerprint density at radius 2 is 1.41 bits per heavy atom. The third-order valence-corrected chi connectivity index (χ3v) is 6.11. The van der Waals surface area contributed by atoms with E-state index in [1.54, 1.807) is 78.9 Å². The van der Waals surface area contributed by atoms with Crippen molar-refractivity contribution >= 4 is 27.5 Å². The van der Waals surface area contributed by atoms with Crippen LogP contribution in [-0.4, -0.2) is 20.6 Å². The number of nitrogens with one attached hydrogen (secondary N) is 1. The molecule has 0 saturated heterocycles. The topological polar surface area (TPSA) is 75.7 Å². The smallest absolute Gasteiger partial charge is 0.410 e. The van der Waals surface area contributed by atoms with Crippen molar-refractivity contribution in [1.82, 2.24) is 0 Å². The highest BCUT2D eigenvalue weighted by Gasteiger charge is 2.27. The fourth-order valence-electron chi connectivity index (χ4n) is 2.85. The van der Waals surface area contributed by atoms with Crippen LogP contribution >= 0.6 is 0 Å². The molecule has 1 N–H and O–H groups in total. The van der Waals surface area contributed by atoms with Gasteiger partial charge in [-0.3, -0.25) is 9.62 Å². The maximum atomic E-state index is 13.1. The maximum Gasteiger partial charge on any atom is 0.417 e. The van der Waals surface area contributed by atoms with Gasteiger partial charge < -0.3 is 4.74 Å². The van der Waals surface area contributed by atoms with Crippen LogP contribution in [0.1, 0.15) is 13.8 Å². The van der Waals surface area contributed by atoms with Crippen molar-refractivity contribution in [3.8, 4) is 5.75 Å². The Morgan fingerprint density at radius 1 is 0.862 bits per heavy atom. The monoisotopic (exact) mass is 410 g/mol. The first kappa shape index (κ1) is 20.4. The highest BCUT2D eigenvalue weighted by Crippen LogP contribution is 2.27. The lowest BCUT2D eigenvalue weighted by Crippen LogP contribution is -2.37. The van der Waals surface area contributed by atoms with Crippen LogP contribution < -0.4 is 14.4 Å². The highest BCUT2D eigenvalue weighted by molar-refractivity contribution is 7.92. The number of hydrogen-bond donors (Lipinski definition) is 1. The number of carbonyl (C=O) groups excluding carboxylic acids is 1. The molecule has 3 aromatic rings. The zero-order chi connectivity index (χ0) is 20.9. The van der Waals surface area contributed by atoms with Gasteiger partial charge in [-0.2, -0.15) is 0 Å². The van der Waals surface area contributed by atoms with Crippen LogP contribution in [0.4, 0.5) is 16.2 Å². The van der Waals surface area contributed by atoms with E-state index in [0.29, 0.717) is 17.1 Å². The summed E-state index contributed by atoms with van der Waals surface area (Å²) in [5, 5.41) is 2.63. The Bertz CT molecular complexity index is 1050. The molecule has 0 saturated carbocycles. The van der Waals surface area contributed by atoms with E-state index in [4.69, 9.17) is 4.74 Å². The third-order valence-electron chi connectivity index (χ3n) is 4.09. The van der Waals surface area contributed by atoms with Crippen molar-refractivity contribution in [2.24, 2.45) is 0 Å². The van der Waals surface area contributed by atoms with Gasteiger partial charge in [0.1, 0.15) is 5.75 Å². The Balaban J connectivity index is 1.77. The minimum Gasteiger partial charge on any atom is -0.410 e. The minimum absolute atomic E-state index is 0.224. The molecule has 0 aliphatic carbocycles. The molecule has 0 bridgehead atoms. The normalized spacial score (nSPS) is 11.1. The summed E-state index contributed by atoms with van der Waals surface area (Å²) in [5.41, 5.74) is 1.00. The number of ether oxygens (including phenoxy) is 1. The summed E-state index contributed by atoms with van der Waals surface area (Å²) >= 11 is 0. The molecular formula is C22H22N2O4S. The lowest BCUT2D eigenvalue weighted by Gasteiger charge is -2.28. The number of para-hydroxylation sites is 1. The average Bonchev–Trinajstić information content (AvgIpc) is 2.70. The standard InChI is InChI=1S/C22H22N2O4S/c1-17(2)24(29(26,27)21-11-7-4-8-12-21)19-15-13-18(14-16-19)23-22(25)28-20-9-5-3-6-10-20/h3-17H,1-2H3,(H,23,25). The molecule has 0 fully saturated rings. The molecule has 0 heterocycles. The average molecular weight is 410 g/mol. The van der Waals surface area contributed by atoms with E-state index in [1.165, 1.54) is 4.31 Å². The summed E-state index contributed by atoms with van der Waals surface area (Å²) in [4.78, 5) is 12.2. The Labute approximate surface area is 170 Å². The number of carbonyl (C=O) groups is 1. The summed E-state index contributed by atoms with van der Waals surface area (Å²) in [6, 6.07) is 23.3. The van der Waals surface area contributed by atoms with Crippen LogP contribution in [0.25, 0.3) is 0 Å². The van der Waals surface area contributed by atoms with Gasteiger partial charge in [0.15, 0.2) is 0 Å². The van der Waals surface area contributed by atoms with Crippen LogP contribution in [0.2, 0.25) is 0 Å². The van der Waals surface area contributed by atoms with Gasteiger partial charge in [-0.05, 0) is 62.4 Å². The highest BCUT2D eigenvalue weighted by atomic mass is 32.2. The Hall–Kier alpha value is -3.32. The molecule has 0 aromatic heterocycles. The third kappa shape index (κ3) is 4.94. The van der Waals surface area contributed by atoms with Gasteiger partial charge in [-0.1, -0.05) is 36.4 Å². The number of benzene rings is 3. The van der Waals surface area contributed by atoms with Crippen molar-refractivity contribution < 1.29 is 17.9 Å². The maximum absolute atomic E-state index is 13.1. The second-order valence-electron chi connectivity index (χ2n) is 6.58. The summed E-state index contributed by atoms with van der Waals surface area (Å²) in [6.07, 6.45) is -0.624. The van der Waals surface area contributed by atoms with E-state index in [2.05, 4.69) is 5.32 Å². The fourth-order valence-corrected chi connectivity index (χ4v) is 4.53. The molecule has 1 amide bonds. The molecule has 0 radical (unpaired) electrons. The van der Waals surface area contributed by atoms with Crippen LogP contribution in [0.5, 0.6) is 5.75 Å². The van der Waals surface area contributed by atoms with Gasteiger partial charge in [-0.15, -0.1) is 0 Å². The predicted molar refractivity (Wildman–Crippen MR) is 114 cm³/mol. The van der Waals surface area contributed by atoms with Gasteiger partial charge in [0.2, 0.25) is 0 Å². The SMILES string of the molecule is CC(C)N(c1ccc(NC(=O)Oc2ccccc2)cc1)S(=O)(=O)c1ccccc1. The van der Waals surface area contributed by atoms with Crippen molar-refractivity contribution in [3.05, 3.63) is 84.9 Å². The van der Waals surface area contributed by atoms with Gasteiger partial charge in [-0.25, -0.2) is 13.2 Å². The lowest BCUT2D eigenvalue weighted by molar-refractivity contribution is 0.215. The first-order chi connectivity index (χ1) is 13.9. The molecule has 3 rings (SSSR count). The van der Waals surface area contributed by atoms with Crippen molar-refractivity contribution in [2.45, 2.75) is 24.8 Å². The number of nitrogens with zero attached hydrogens (tertiary/aromatic N) is 1. The van der Waals surface area contributed by atoms with Crippen molar-refractivity contribution in [2.75, 3.05) is 9.62 Å². The van der Waals surface area contributed by atoms with E-state index >= 15 is 0 Å². The number of hydrogen-bond acceptors (Lipinski definition) is 4. The first-order valence-electron chi connectivity index (χ1n) is 9.11. The largest absolute Gasteiger partial charge is 0.417 e. The van der Waals surface area contributed by atoms with Gasteiger partial charge in [0.25, 0.3) is 10.0 Å². The molecule has 0 aliphatic rings. The molecule has 0 spiro atoms. The molecule has 0 aliphatic heterocycles.